The molecule has 2 atom stereocenters. The second-order valence-corrected chi connectivity index (χ2v) is 5.18. The van der Waals surface area contributed by atoms with Crippen molar-refractivity contribution in [3.63, 3.8) is 0 Å². The minimum Gasteiger partial charge on any atom is -0.298 e. The highest BCUT2D eigenvalue weighted by Crippen LogP contribution is 2.22. The molecule has 1 saturated heterocycles. The van der Waals surface area contributed by atoms with E-state index >= 15 is 0 Å². The van der Waals surface area contributed by atoms with Crippen LogP contribution in [-0.4, -0.2) is 36.1 Å². The molecule has 0 aromatic carbocycles. The second kappa shape index (κ2) is 5.65. The molecule has 0 bridgehead atoms. The van der Waals surface area contributed by atoms with Crippen molar-refractivity contribution in [3.8, 4) is 6.07 Å². The zero-order chi connectivity index (χ0) is 11.4. The van der Waals surface area contributed by atoms with Crippen molar-refractivity contribution >= 4 is 0 Å². The Kier molecular flexibility index (Phi) is 4.20. The van der Waals surface area contributed by atoms with E-state index in [2.05, 4.69) is 23.2 Å². The minimum absolute atomic E-state index is 0.0413. The molecule has 0 spiro atoms. The van der Waals surface area contributed by atoms with Gasteiger partial charge in [0.25, 0.3) is 0 Å². The number of hydrogen-bond donors (Lipinski definition) is 1. The van der Waals surface area contributed by atoms with E-state index in [9.17, 15) is 0 Å². The summed E-state index contributed by atoms with van der Waals surface area (Å²) in [6.07, 6.45) is 7.73. The number of nitrogens with zero attached hydrogens (tertiary/aromatic N) is 2. The Morgan fingerprint density at radius 3 is 2.81 bits per heavy atom. The third-order valence-electron chi connectivity index (χ3n) is 3.81. The Hall–Kier alpha value is -0.590. The molecule has 1 heterocycles. The van der Waals surface area contributed by atoms with Gasteiger partial charge >= 0.3 is 0 Å². The normalized spacial score (nSPS) is 28.6. The van der Waals surface area contributed by atoms with Crippen LogP contribution in [-0.2, 0) is 0 Å². The predicted molar refractivity (Wildman–Crippen MR) is 65.1 cm³/mol. The van der Waals surface area contributed by atoms with E-state index in [0.717, 1.165) is 6.54 Å². The molecule has 1 aliphatic carbocycles. The molecular weight excluding hydrogens is 198 g/mol. The van der Waals surface area contributed by atoms with Crippen LogP contribution in [0.1, 0.15) is 45.4 Å². The molecule has 2 unspecified atom stereocenters. The van der Waals surface area contributed by atoms with E-state index in [-0.39, 0.29) is 6.04 Å². The van der Waals surface area contributed by atoms with Crippen LogP contribution in [0, 0.1) is 11.3 Å². The summed E-state index contributed by atoms with van der Waals surface area (Å²) < 4.78 is 0. The molecule has 3 nitrogen and oxygen atoms in total. The molecule has 0 radical (unpaired) electrons. The summed E-state index contributed by atoms with van der Waals surface area (Å²) in [5.74, 6) is 0. The third-order valence-corrected chi connectivity index (χ3v) is 3.81. The average Bonchev–Trinajstić information content (AvgIpc) is 3.13. The highest BCUT2D eigenvalue weighted by atomic mass is 15.2. The molecule has 0 amide bonds. The van der Waals surface area contributed by atoms with Crippen molar-refractivity contribution in [2.24, 2.45) is 0 Å². The lowest BCUT2D eigenvalue weighted by Crippen LogP contribution is -2.47. The van der Waals surface area contributed by atoms with E-state index < -0.39 is 0 Å². The van der Waals surface area contributed by atoms with E-state index in [1.807, 2.05) is 0 Å². The van der Waals surface area contributed by atoms with Crippen molar-refractivity contribution in [3.05, 3.63) is 0 Å². The molecule has 90 valence electrons. The maximum absolute atomic E-state index is 9.15. The van der Waals surface area contributed by atoms with E-state index in [0.29, 0.717) is 12.1 Å². The largest absolute Gasteiger partial charge is 0.298 e. The van der Waals surface area contributed by atoms with Crippen LogP contribution in [0.15, 0.2) is 0 Å². The molecule has 2 fully saturated rings. The SMILES string of the molecule is CCC1CCCCN1CC(C#N)NC1CC1. The van der Waals surface area contributed by atoms with Crippen LogP contribution < -0.4 is 5.32 Å². The second-order valence-electron chi connectivity index (χ2n) is 5.18. The van der Waals surface area contributed by atoms with Gasteiger partial charge in [-0.2, -0.15) is 5.26 Å². The van der Waals surface area contributed by atoms with Gasteiger partial charge in [-0.1, -0.05) is 13.3 Å². The molecule has 3 heteroatoms. The average molecular weight is 221 g/mol. The Morgan fingerprint density at radius 1 is 1.38 bits per heavy atom. The van der Waals surface area contributed by atoms with Crippen LogP contribution in [0.2, 0.25) is 0 Å². The molecule has 1 N–H and O–H groups in total. The van der Waals surface area contributed by atoms with Gasteiger partial charge in [0.05, 0.1) is 6.07 Å². The highest BCUT2D eigenvalue weighted by molar-refractivity contribution is 4.98. The van der Waals surface area contributed by atoms with Gasteiger partial charge in [-0.25, -0.2) is 0 Å². The standard InChI is InChI=1S/C13H23N3/c1-2-13-5-3-4-8-16(13)10-12(9-14)15-11-6-7-11/h11-13,15H,2-8,10H2,1H3. The number of likely N-dealkylation sites (tertiary alicyclic amines) is 1. The summed E-state index contributed by atoms with van der Waals surface area (Å²) in [6, 6.07) is 3.80. The van der Waals surface area contributed by atoms with Gasteiger partial charge in [-0.15, -0.1) is 0 Å². The van der Waals surface area contributed by atoms with Crippen LogP contribution in [0.5, 0.6) is 0 Å². The monoisotopic (exact) mass is 221 g/mol. The van der Waals surface area contributed by atoms with Gasteiger partial charge in [0, 0.05) is 18.6 Å². The lowest BCUT2D eigenvalue weighted by atomic mass is 9.99. The van der Waals surface area contributed by atoms with Crippen molar-refractivity contribution in [2.75, 3.05) is 13.1 Å². The zero-order valence-corrected chi connectivity index (χ0v) is 10.3. The van der Waals surface area contributed by atoms with Crippen molar-refractivity contribution in [1.29, 1.82) is 5.26 Å². The summed E-state index contributed by atoms with van der Waals surface area (Å²) >= 11 is 0. The molecule has 2 aliphatic rings. The van der Waals surface area contributed by atoms with Gasteiger partial charge < -0.3 is 0 Å². The van der Waals surface area contributed by atoms with Crippen molar-refractivity contribution in [2.45, 2.75) is 63.6 Å². The van der Waals surface area contributed by atoms with Gasteiger partial charge in [0.2, 0.25) is 0 Å². The smallest absolute Gasteiger partial charge is 0.108 e. The summed E-state index contributed by atoms with van der Waals surface area (Å²) in [7, 11) is 0. The lowest BCUT2D eigenvalue weighted by Gasteiger charge is -2.36. The summed E-state index contributed by atoms with van der Waals surface area (Å²) in [5, 5.41) is 12.6. The van der Waals surface area contributed by atoms with Crippen LogP contribution in [0.25, 0.3) is 0 Å². The maximum atomic E-state index is 9.15. The number of piperidine rings is 1. The fraction of sp³-hybridized carbons (Fsp3) is 0.923. The first kappa shape index (κ1) is 11.9. The fourth-order valence-electron chi connectivity index (χ4n) is 2.66. The molecule has 1 saturated carbocycles. The van der Waals surface area contributed by atoms with E-state index in [1.54, 1.807) is 0 Å². The predicted octanol–water partition coefficient (Wildman–Crippen LogP) is 1.90. The van der Waals surface area contributed by atoms with E-state index in [1.165, 1.54) is 45.1 Å². The number of nitriles is 1. The lowest BCUT2D eigenvalue weighted by molar-refractivity contribution is 0.136. The molecule has 2 rings (SSSR count). The van der Waals surface area contributed by atoms with Crippen LogP contribution >= 0.6 is 0 Å². The molecule has 16 heavy (non-hydrogen) atoms. The van der Waals surface area contributed by atoms with Gasteiger partial charge in [-0.3, -0.25) is 10.2 Å². The fourth-order valence-corrected chi connectivity index (χ4v) is 2.66. The highest BCUT2D eigenvalue weighted by Gasteiger charge is 2.28. The topological polar surface area (TPSA) is 39.1 Å². The van der Waals surface area contributed by atoms with Crippen LogP contribution in [0.4, 0.5) is 0 Å². The Labute approximate surface area is 98.8 Å². The zero-order valence-electron chi connectivity index (χ0n) is 10.3. The van der Waals surface area contributed by atoms with Crippen LogP contribution in [0.3, 0.4) is 0 Å². The molecule has 0 aromatic heterocycles. The first-order chi connectivity index (χ1) is 7.83. The van der Waals surface area contributed by atoms with Gasteiger partial charge in [0.15, 0.2) is 0 Å². The first-order valence-electron chi connectivity index (χ1n) is 6.73. The molecular formula is C13H23N3. The minimum atomic E-state index is 0.0413. The van der Waals surface area contributed by atoms with Crippen molar-refractivity contribution < 1.29 is 0 Å². The number of hydrogen-bond acceptors (Lipinski definition) is 3. The Morgan fingerprint density at radius 2 is 2.19 bits per heavy atom. The molecule has 0 aromatic rings. The summed E-state index contributed by atoms with van der Waals surface area (Å²) in [5.41, 5.74) is 0. The van der Waals surface area contributed by atoms with Gasteiger partial charge in [-0.05, 0) is 38.6 Å². The Balaban J connectivity index is 1.82. The van der Waals surface area contributed by atoms with Crippen molar-refractivity contribution in [1.82, 2.24) is 10.2 Å². The van der Waals surface area contributed by atoms with Gasteiger partial charge in [0.1, 0.15) is 6.04 Å². The summed E-state index contributed by atoms with van der Waals surface area (Å²) in [4.78, 5) is 2.52. The number of nitrogens with one attached hydrogen (secondary N) is 1. The molecule has 1 aliphatic heterocycles. The first-order valence-corrected chi connectivity index (χ1v) is 6.73. The summed E-state index contributed by atoms with van der Waals surface area (Å²) in [6.45, 7) is 4.37. The maximum Gasteiger partial charge on any atom is 0.108 e. The van der Waals surface area contributed by atoms with E-state index in [4.69, 9.17) is 5.26 Å². The Bertz CT molecular complexity index is 254. The quantitative estimate of drug-likeness (QED) is 0.770. The third kappa shape index (κ3) is 3.20. The number of rotatable bonds is 5.